The van der Waals surface area contributed by atoms with Crippen molar-refractivity contribution in [3.05, 3.63) is 52.7 Å². The van der Waals surface area contributed by atoms with E-state index in [9.17, 15) is 5.11 Å². The molecule has 4 rings (SSSR count). The molecule has 0 bridgehead atoms. The maximum absolute atomic E-state index is 10.4. The molecule has 0 aliphatic heterocycles. The summed E-state index contributed by atoms with van der Waals surface area (Å²) in [5, 5.41) is 16.8. The average Bonchev–Trinajstić information content (AvgIpc) is 3.04. The molecular weight excluding hydrogens is 282 g/mol. The van der Waals surface area contributed by atoms with Crippen molar-refractivity contribution in [3.63, 3.8) is 0 Å². The van der Waals surface area contributed by atoms with Crippen molar-refractivity contribution in [2.75, 3.05) is 5.32 Å². The van der Waals surface area contributed by atoms with Gasteiger partial charge in [-0.15, -0.1) is 11.3 Å². The fraction of sp³-hybridized carbons (Fsp3) is 0.250. The summed E-state index contributed by atoms with van der Waals surface area (Å²) < 4.78 is 0. The summed E-state index contributed by atoms with van der Waals surface area (Å²) in [5.74, 6) is 1.55. The Kier molecular flexibility index (Phi) is 2.90. The van der Waals surface area contributed by atoms with Crippen LogP contribution in [-0.4, -0.2) is 21.2 Å². The third kappa shape index (κ3) is 2.09. The lowest BCUT2D eigenvalue weighted by Gasteiger charge is -2.19. The van der Waals surface area contributed by atoms with Gasteiger partial charge in [-0.1, -0.05) is 24.3 Å². The van der Waals surface area contributed by atoms with Crippen LogP contribution in [0.2, 0.25) is 0 Å². The van der Waals surface area contributed by atoms with Gasteiger partial charge in [0.25, 0.3) is 0 Å². The number of aliphatic hydroxyl groups excluding tert-OH is 1. The highest BCUT2D eigenvalue weighted by molar-refractivity contribution is 7.16. The van der Waals surface area contributed by atoms with E-state index in [1.165, 1.54) is 5.56 Å². The highest BCUT2D eigenvalue weighted by Gasteiger charge is 2.31. The second-order valence-corrected chi connectivity index (χ2v) is 6.25. The largest absolute Gasteiger partial charge is 0.390 e. The maximum atomic E-state index is 10.4. The molecule has 0 amide bonds. The van der Waals surface area contributed by atoms with E-state index in [1.54, 1.807) is 11.3 Å². The van der Waals surface area contributed by atoms with E-state index in [0.29, 0.717) is 6.42 Å². The van der Waals surface area contributed by atoms with Gasteiger partial charge in [0.05, 0.1) is 17.5 Å². The van der Waals surface area contributed by atoms with Crippen molar-refractivity contribution in [2.24, 2.45) is 0 Å². The third-order valence-corrected chi connectivity index (χ3v) is 4.74. The van der Waals surface area contributed by atoms with Gasteiger partial charge in [0, 0.05) is 6.42 Å². The molecule has 0 fully saturated rings. The highest BCUT2D eigenvalue weighted by Crippen LogP contribution is 2.35. The number of rotatable bonds is 2. The Hall–Kier alpha value is -1.98. The normalized spacial score (nSPS) is 20.7. The Labute approximate surface area is 126 Å². The minimum atomic E-state index is -0.425. The van der Waals surface area contributed by atoms with Crippen LogP contribution in [0.3, 0.4) is 0 Å². The second-order valence-electron chi connectivity index (χ2n) is 5.35. The van der Waals surface area contributed by atoms with Crippen LogP contribution < -0.4 is 5.32 Å². The zero-order valence-electron chi connectivity index (χ0n) is 11.6. The van der Waals surface area contributed by atoms with Crippen molar-refractivity contribution in [3.8, 4) is 0 Å². The van der Waals surface area contributed by atoms with Gasteiger partial charge >= 0.3 is 0 Å². The molecular formula is C16H15N3OS. The predicted molar refractivity (Wildman–Crippen MR) is 84.7 cm³/mol. The first-order chi connectivity index (χ1) is 10.2. The molecule has 2 aromatic heterocycles. The molecule has 0 spiro atoms. The van der Waals surface area contributed by atoms with E-state index >= 15 is 0 Å². The number of hydrogen-bond donors (Lipinski definition) is 2. The van der Waals surface area contributed by atoms with Crippen molar-refractivity contribution < 1.29 is 5.11 Å². The van der Waals surface area contributed by atoms with Gasteiger partial charge in [-0.3, -0.25) is 0 Å². The number of nitrogens with one attached hydrogen (secondary N) is 1. The van der Waals surface area contributed by atoms with Gasteiger partial charge in [-0.25, -0.2) is 9.97 Å². The molecule has 1 aliphatic carbocycles. The number of benzene rings is 1. The predicted octanol–water partition coefficient (Wildman–Crippen LogP) is 3.07. The van der Waals surface area contributed by atoms with Crippen LogP contribution in [0.5, 0.6) is 0 Å². The lowest BCUT2D eigenvalue weighted by Crippen LogP contribution is -2.22. The first-order valence-corrected chi connectivity index (χ1v) is 7.84. The summed E-state index contributed by atoms with van der Waals surface area (Å²) in [6, 6.07) is 10.1. The molecule has 2 atom stereocenters. The Morgan fingerprint density at radius 1 is 1.24 bits per heavy atom. The molecule has 0 saturated heterocycles. The summed E-state index contributed by atoms with van der Waals surface area (Å²) in [4.78, 5) is 9.93. The topological polar surface area (TPSA) is 58.0 Å². The van der Waals surface area contributed by atoms with Crippen molar-refractivity contribution in [2.45, 2.75) is 25.5 Å². The molecule has 2 N–H and O–H groups in total. The molecule has 4 nitrogen and oxygen atoms in total. The number of aliphatic hydroxyl groups is 1. The standard InChI is InChI=1S/C16H15N3OS/c1-9-17-15(12-6-7-21-16(12)18-9)19-14-11-5-3-2-4-10(11)8-13(14)20/h2-7,13-14,20H,8H2,1H3,(H,17,18,19)/t13-,14+/m1/s1. The average molecular weight is 297 g/mol. The molecule has 21 heavy (non-hydrogen) atoms. The van der Waals surface area contributed by atoms with Crippen LogP contribution in [0.1, 0.15) is 23.0 Å². The Morgan fingerprint density at radius 3 is 3.00 bits per heavy atom. The van der Waals surface area contributed by atoms with Crippen LogP contribution in [0.15, 0.2) is 35.7 Å². The molecule has 5 heteroatoms. The lowest BCUT2D eigenvalue weighted by atomic mass is 10.1. The molecule has 0 unspecified atom stereocenters. The van der Waals surface area contributed by atoms with Gasteiger partial charge < -0.3 is 10.4 Å². The Morgan fingerprint density at radius 2 is 2.10 bits per heavy atom. The van der Waals surface area contributed by atoms with E-state index in [0.717, 1.165) is 27.4 Å². The Bertz CT molecular complexity index is 814. The SMILES string of the molecule is Cc1nc(N[C@H]2c3ccccc3C[C@H]2O)c2ccsc2n1. The summed E-state index contributed by atoms with van der Waals surface area (Å²) in [6.45, 7) is 1.89. The van der Waals surface area contributed by atoms with Crippen molar-refractivity contribution in [1.82, 2.24) is 9.97 Å². The van der Waals surface area contributed by atoms with E-state index in [-0.39, 0.29) is 6.04 Å². The number of thiophene rings is 1. The van der Waals surface area contributed by atoms with Gasteiger partial charge in [-0.05, 0) is 29.5 Å². The third-order valence-electron chi connectivity index (χ3n) is 3.93. The van der Waals surface area contributed by atoms with Gasteiger partial charge in [0.15, 0.2) is 0 Å². The minimum absolute atomic E-state index is 0.112. The first-order valence-electron chi connectivity index (χ1n) is 6.96. The number of aryl methyl sites for hydroxylation is 1. The number of hydrogen-bond acceptors (Lipinski definition) is 5. The Balaban J connectivity index is 1.77. The monoisotopic (exact) mass is 297 g/mol. The van der Waals surface area contributed by atoms with Crippen LogP contribution in [0.4, 0.5) is 5.82 Å². The molecule has 1 aromatic carbocycles. The summed E-state index contributed by atoms with van der Waals surface area (Å²) >= 11 is 1.61. The fourth-order valence-electron chi connectivity index (χ4n) is 2.97. The summed E-state index contributed by atoms with van der Waals surface area (Å²) in [5.41, 5.74) is 2.36. The smallest absolute Gasteiger partial charge is 0.139 e. The van der Waals surface area contributed by atoms with Crippen LogP contribution >= 0.6 is 11.3 Å². The number of anilines is 1. The van der Waals surface area contributed by atoms with E-state index in [4.69, 9.17) is 0 Å². The maximum Gasteiger partial charge on any atom is 0.139 e. The van der Waals surface area contributed by atoms with Crippen molar-refractivity contribution in [1.29, 1.82) is 0 Å². The van der Waals surface area contributed by atoms with Crippen LogP contribution in [0.25, 0.3) is 10.2 Å². The minimum Gasteiger partial charge on any atom is -0.390 e. The molecule has 1 aliphatic rings. The lowest BCUT2D eigenvalue weighted by molar-refractivity contribution is 0.165. The van der Waals surface area contributed by atoms with E-state index in [1.807, 2.05) is 30.5 Å². The first kappa shape index (κ1) is 12.7. The molecule has 106 valence electrons. The summed E-state index contributed by atoms with van der Waals surface area (Å²) in [6.07, 6.45) is 0.261. The highest BCUT2D eigenvalue weighted by atomic mass is 32.1. The van der Waals surface area contributed by atoms with E-state index in [2.05, 4.69) is 27.4 Å². The fourth-order valence-corrected chi connectivity index (χ4v) is 3.78. The molecule has 3 aromatic rings. The summed E-state index contributed by atoms with van der Waals surface area (Å²) in [7, 11) is 0. The van der Waals surface area contributed by atoms with Gasteiger partial charge in [-0.2, -0.15) is 0 Å². The molecule has 0 saturated carbocycles. The van der Waals surface area contributed by atoms with Crippen molar-refractivity contribution >= 4 is 27.4 Å². The molecule has 0 radical (unpaired) electrons. The zero-order valence-corrected chi connectivity index (χ0v) is 12.4. The van der Waals surface area contributed by atoms with Gasteiger partial charge in [0.1, 0.15) is 16.5 Å². The number of aromatic nitrogens is 2. The molecule has 2 heterocycles. The van der Waals surface area contributed by atoms with Gasteiger partial charge in [0.2, 0.25) is 0 Å². The van der Waals surface area contributed by atoms with Crippen LogP contribution in [0, 0.1) is 6.92 Å². The second kappa shape index (κ2) is 4.79. The van der Waals surface area contributed by atoms with Crippen LogP contribution in [-0.2, 0) is 6.42 Å². The number of fused-ring (bicyclic) bond motifs is 2. The van der Waals surface area contributed by atoms with E-state index < -0.39 is 6.10 Å². The quantitative estimate of drug-likeness (QED) is 0.763. The number of nitrogens with zero attached hydrogens (tertiary/aromatic N) is 2. The zero-order chi connectivity index (χ0) is 14.4.